The predicted molar refractivity (Wildman–Crippen MR) is 161 cm³/mol. The number of Topliss-reactive ketones (excluding diaryl/α,β-unsaturated/α-hetero) is 6. The molecule has 0 rings (SSSR count). The summed E-state index contributed by atoms with van der Waals surface area (Å²) >= 11 is 0. The molecule has 0 saturated carbocycles. The van der Waals surface area contributed by atoms with Crippen molar-refractivity contribution in [3.8, 4) is 0 Å². The van der Waals surface area contributed by atoms with Gasteiger partial charge >= 0.3 is 0 Å². The van der Waals surface area contributed by atoms with Gasteiger partial charge in [0.2, 0.25) is 0 Å². The zero-order valence-corrected chi connectivity index (χ0v) is 31.3. The van der Waals surface area contributed by atoms with Crippen LogP contribution in [0, 0.1) is 32.5 Å². The first-order chi connectivity index (χ1) is 16.6. The van der Waals surface area contributed by atoms with Gasteiger partial charge < -0.3 is 0 Å². The largest absolute Gasteiger partial charge is 0.299 e. The van der Waals surface area contributed by atoms with Crippen LogP contribution in [0.1, 0.15) is 144 Å². The average molecular weight is 745 g/mol. The van der Waals surface area contributed by atoms with Crippen molar-refractivity contribution in [1.82, 2.24) is 0 Å². The molecule has 0 aromatic rings. The molecule has 1 radical (unpaired) electrons. The summed E-state index contributed by atoms with van der Waals surface area (Å²) in [5.74, 6) is 0.125. The molecule has 0 N–H and O–H groups in total. The Kier molecular flexibility index (Phi) is 18.7. The topological polar surface area (TPSA) is 102 Å². The van der Waals surface area contributed by atoms with Gasteiger partial charge in [-0.25, -0.2) is 0 Å². The molecule has 0 heterocycles. The SMILES string of the molecule is CC(C)(C)C(=O)CC(=O)C(C)(C)C.CC(C)(C)C(=O)CC(=O)C(C)(C)C.CC(C)(C)C(=O)CC(=O)C(C)(C)C.[Ir]. The van der Waals surface area contributed by atoms with Crippen LogP contribution in [0.2, 0.25) is 0 Å². The second-order valence-corrected chi connectivity index (χ2v) is 16.6. The molecular formula is C33H60IrO6. The maximum atomic E-state index is 11.5. The van der Waals surface area contributed by atoms with E-state index >= 15 is 0 Å². The van der Waals surface area contributed by atoms with Gasteiger partial charge in [0.05, 0.1) is 19.3 Å². The summed E-state index contributed by atoms with van der Waals surface area (Å²) in [5.41, 5.74) is -2.41. The minimum absolute atomic E-state index is 0. The van der Waals surface area contributed by atoms with E-state index < -0.39 is 32.5 Å². The first-order valence-corrected chi connectivity index (χ1v) is 13.8. The fourth-order valence-corrected chi connectivity index (χ4v) is 2.03. The molecule has 0 atom stereocenters. The molecule has 0 bridgehead atoms. The van der Waals surface area contributed by atoms with Crippen molar-refractivity contribution in [3.05, 3.63) is 0 Å². The van der Waals surface area contributed by atoms with Gasteiger partial charge in [-0.1, -0.05) is 125 Å². The minimum atomic E-state index is -0.402. The van der Waals surface area contributed by atoms with E-state index in [1.807, 2.05) is 125 Å². The molecule has 0 spiro atoms. The van der Waals surface area contributed by atoms with Gasteiger partial charge in [-0.15, -0.1) is 0 Å². The van der Waals surface area contributed by atoms with Crippen molar-refractivity contribution in [3.63, 3.8) is 0 Å². The van der Waals surface area contributed by atoms with Gasteiger partial charge in [-0.2, -0.15) is 0 Å². The molecule has 7 heteroatoms. The summed E-state index contributed by atoms with van der Waals surface area (Å²) in [4.78, 5) is 69.0. The Morgan fingerprint density at radius 1 is 0.275 bits per heavy atom. The molecule has 0 amide bonds. The summed E-state index contributed by atoms with van der Waals surface area (Å²) in [6.45, 7) is 33.1. The van der Waals surface area contributed by atoms with E-state index in [2.05, 4.69) is 0 Å². The van der Waals surface area contributed by atoms with Gasteiger partial charge in [-0.3, -0.25) is 28.8 Å². The summed E-state index contributed by atoms with van der Waals surface area (Å²) in [6.07, 6.45) is 0.187. The molecule has 0 saturated heterocycles. The van der Waals surface area contributed by atoms with Crippen LogP contribution in [0.4, 0.5) is 0 Å². The van der Waals surface area contributed by atoms with Crippen molar-refractivity contribution in [2.24, 2.45) is 32.5 Å². The number of hydrogen-bond donors (Lipinski definition) is 0. The van der Waals surface area contributed by atoms with Crippen LogP contribution in [-0.2, 0) is 48.9 Å². The standard InChI is InChI=1S/3C11H20O2.Ir/c3*1-10(2,3)8(12)7-9(13)11(4,5)6;/h3*7H2,1-6H3;. The fourth-order valence-electron chi connectivity index (χ4n) is 2.03. The molecule has 0 aliphatic carbocycles. The molecule has 0 fully saturated rings. The second-order valence-electron chi connectivity index (χ2n) is 16.6. The van der Waals surface area contributed by atoms with E-state index in [-0.39, 0.29) is 74.1 Å². The van der Waals surface area contributed by atoms with Crippen molar-refractivity contribution in [1.29, 1.82) is 0 Å². The number of hydrogen-bond acceptors (Lipinski definition) is 6. The molecule has 40 heavy (non-hydrogen) atoms. The van der Waals surface area contributed by atoms with Gasteiger partial charge in [0, 0.05) is 52.6 Å². The first kappa shape index (κ1) is 45.7. The quantitative estimate of drug-likeness (QED) is 0.257. The average Bonchev–Trinajstić information content (AvgIpc) is 2.64. The smallest absolute Gasteiger partial charge is 0.145 e. The second kappa shape index (κ2) is 16.3. The van der Waals surface area contributed by atoms with Crippen LogP contribution in [-0.4, -0.2) is 34.7 Å². The molecule has 0 aliphatic heterocycles. The third-order valence-electron chi connectivity index (χ3n) is 5.98. The Balaban J connectivity index is -0.000000240. The molecule has 6 nitrogen and oxygen atoms in total. The molecule has 0 aromatic heterocycles. The van der Waals surface area contributed by atoms with Crippen LogP contribution >= 0.6 is 0 Å². The van der Waals surface area contributed by atoms with Crippen LogP contribution < -0.4 is 0 Å². The number of carbonyl (C=O) groups excluding carboxylic acids is 6. The summed E-state index contributed by atoms with van der Waals surface area (Å²) in [6, 6.07) is 0. The van der Waals surface area contributed by atoms with E-state index in [0.717, 1.165) is 0 Å². The summed E-state index contributed by atoms with van der Waals surface area (Å²) in [7, 11) is 0. The van der Waals surface area contributed by atoms with Gasteiger partial charge in [-0.05, 0) is 0 Å². The van der Waals surface area contributed by atoms with Crippen molar-refractivity contribution in [2.75, 3.05) is 0 Å². The molecule has 0 unspecified atom stereocenters. The van der Waals surface area contributed by atoms with E-state index in [1.165, 1.54) is 0 Å². The Morgan fingerprint density at radius 3 is 0.400 bits per heavy atom. The minimum Gasteiger partial charge on any atom is -0.299 e. The Labute approximate surface area is 259 Å². The van der Waals surface area contributed by atoms with Gasteiger partial charge in [0.25, 0.3) is 0 Å². The number of carbonyl (C=O) groups is 6. The number of rotatable bonds is 6. The normalized spacial score (nSPS) is 12.4. The molecule has 0 aromatic carbocycles. The van der Waals surface area contributed by atoms with Crippen LogP contribution in [0.5, 0.6) is 0 Å². The van der Waals surface area contributed by atoms with Crippen molar-refractivity contribution < 1.29 is 48.9 Å². The van der Waals surface area contributed by atoms with E-state index in [0.29, 0.717) is 0 Å². The number of ketones is 6. The first-order valence-electron chi connectivity index (χ1n) is 13.8. The summed E-state index contributed by atoms with van der Waals surface area (Å²) < 4.78 is 0. The van der Waals surface area contributed by atoms with E-state index in [1.54, 1.807) is 0 Å². The fraction of sp³-hybridized carbons (Fsp3) is 0.818. The molecule has 0 aliphatic rings. The Morgan fingerprint density at radius 2 is 0.350 bits per heavy atom. The van der Waals surface area contributed by atoms with Crippen LogP contribution in [0.15, 0.2) is 0 Å². The van der Waals surface area contributed by atoms with Crippen molar-refractivity contribution >= 4 is 34.7 Å². The third-order valence-corrected chi connectivity index (χ3v) is 5.98. The van der Waals surface area contributed by atoms with Crippen molar-refractivity contribution in [2.45, 2.75) is 144 Å². The molecule has 237 valence electrons. The maximum absolute atomic E-state index is 11.5. The third kappa shape index (κ3) is 21.4. The zero-order chi connectivity index (χ0) is 32.6. The Hall–Kier alpha value is -1.33. The zero-order valence-electron chi connectivity index (χ0n) is 28.9. The predicted octanol–water partition coefficient (Wildman–Crippen LogP) is 7.82. The maximum Gasteiger partial charge on any atom is 0.145 e. The van der Waals surface area contributed by atoms with E-state index in [4.69, 9.17) is 0 Å². The monoisotopic (exact) mass is 745 g/mol. The molecular weight excluding hydrogens is 685 g/mol. The van der Waals surface area contributed by atoms with Crippen LogP contribution in [0.25, 0.3) is 0 Å². The van der Waals surface area contributed by atoms with Crippen LogP contribution in [0.3, 0.4) is 0 Å². The van der Waals surface area contributed by atoms with Gasteiger partial charge in [0.1, 0.15) is 34.7 Å². The van der Waals surface area contributed by atoms with E-state index in [9.17, 15) is 28.8 Å². The van der Waals surface area contributed by atoms with Gasteiger partial charge in [0.15, 0.2) is 0 Å². The summed E-state index contributed by atoms with van der Waals surface area (Å²) in [5, 5.41) is 0. The Bertz CT molecular complexity index is 693.